The molecule has 0 aliphatic carbocycles. The lowest BCUT2D eigenvalue weighted by Crippen LogP contribution is -2.38. The summed E-state index contributed by atoms with van der Waals surface area (Å²) in [6, 6.07) is 12.4. The van der Waals surface area contributed by atoms with Crippen LogP contribution < -0.4 is 14.2 Å². The van der Waals surface area contributed by atoms with Crippen LogP contribution in [0, 0.1) is 5.92 Å². The van der Waals surface area contributed by atoms with Crippen molar-refractivity contribution in [1.82, 2.24) is 4.90 Å². The molecule has 2 aliphatic heterocycles. The van der Waals surface area contributed by atoms with Crippen LogP contribution >= 0.6 is 0 Å². The van der Waals surface area contributed by atoms with E-state index in [0.717, 1.165) is 11.1 Å². The van der Waals surface area contributed by atoms with Crippen LogP contribution in [0.15, 0.2) is 42.5 Å². The van der Waals surface area contributed by atoms with Crippen molar-refractivity contribution in [3.05, 3.63) is 53.6 Å². The number of ether oxygens (including phenoxy) is 6. The normalized spacial score (nSPS) is 20.6. The summed E-state index contributed by atoms with van der Waals surface area (Å²) in [6.45, 7) is 8.77. The number of carbonyl (C=O) groups excluding carboxylic acids is 2. The van der Waals surface area contributed by atoms with Gasteiger partial charge >= 0.3 is 12.1 Å². The lowest BCUT2D eigenvalue weighted by molar-refractivity contribution is -0.149. The van der Waals surface area contributed by atoms with Crippen LogP contribution in [-0.2, 0) is 19.0 Å². The highest BCUT2D eigenvalue weighted by Gasteiger charge is 2.51. The number of benzene rings is 2. The van der Waals surface area contributed by atoms with Crippen LogP contribution in [-0.4, -0.2) is 62.8 Å². The highest BCUT2D eigenvalue weighted by atomic mass is 16.7. The fourth-order valence-corrected chi connectivity index (χ4v) is 4.74. The molecule has 4 rings (SSSR count). The number of fused-ring (bicyclic) bond motifs is 1. The molecular formula is C28H35NO8. The van der Waals surface area contributed by atoms with Crippen molar-refractivity contribution in [3.63, 3.8) is 0 Å². The molecule has 3 atom stereocenters. The Labute approximate surface area is 217 Å². The maximum atomic E-state index is 13.4. The van der Waals surface area contributed by atoms with Gasteiger partial charge in [-0.25, -0.2) is 4.79 Å². The van der Waals surface area contributed by atoms with E-state index >= 15 is 0 Å². The summed E-state index contributed by atoms with van der Waals surface area (Å²) >= 11 is 0. The molecule has 0 unspecified atom stereocenters. The average molecular weight is 514 g/mol. The van der Waals surface area contributed by atoms with Gasteiger partial charge in [-0.2, -0.15) is 0 Å². The Morgan fingerprint density at radius 1 is 1.00 bits per heavy atom. The van der Waals surface area contributed by atoms with E-state index in [1.54, 1.807) is 18.9 Å². The zero-order chi connectivity index (χ0) is 26.6. The quantitative estimate of drug-likeness (QED) is 0.371. The summed E-state index contributed by atoms with van der Waals surface area (Å²) in [5.41, 5.74) is 0.945. The van der Waals surface area contributed by atoms with E-state index < -0.39 is 23.7 Å². The summed E-state index contributed by atoms with van der Waals surface area (Å²) in [6.07, 6.45) is -0.490. The second kappa shape index (κ2) is 11.3. The minimum absolute atomic E-state index is 0.149. The molecule has 0 spiro atoms. The number of amides is 1. The first kappa shape index (κ1) is 26.6. The van der Waals surface area contributed by atoms with Crippen LogP contribution in [0.4, 0.5) is 4.79 Å². The molecule has 1 amide bonds. The second-order valence-corrected chi connectivity index (χ2v) is 9.98. The predicted octanol–water partition coefficient (Wildman–Crippen LogP) is 4.70. The van der Waals surface area contributed by atoms with Crippen LogP contribution in [0.2, 0.25) is 0 Å². The van der Waals surface area contributed by atoms with Gasteiger partial charge in [0.05, 0.1) is 25.2 Å². The van der Waals surface area contributed by atoms with Gasteiger partial charge in [-0.05, 0) is 63.1 Å². The Morgan fingerprint density at radius 3 is 2.38 bits per heavy atom. The molecule has 0 radical (unpaired) electrons. The zero-order valence-corrected chi connectivity index (χ0v) is 22.0. The molecule has 2 aromatic rings. The van der Waals surface area contributed by atoms with Gasteiger partial charge in [-0.15, -0.1) is 0 Å². The fraction of sp³-hybridized carbons (Fsp3) is 0.500. The van der Waals surface area contributed by atoms with Gasteiger partial charge < -0.3 is 28.4 Å². The zero-order valence-electron chi connectivity index (χ0n) is 22.0. The molecule has 9 nitrogen and oxygen atoms in total. The number of methoxy groups -OCH3 is 1. The SMILES string of the molecule is CCOC(=O)[C@@H]1[C@@H](c2ccc3c(c2)OCO3)CN(C(=O)OC(C)(C)C)[C@H]1c1ccc(OCCOC)cc1. The summed E-state index contributed by atoms with van der Waals surface area (Å²) in [7, 11) is 1.61. The minimum atomic E-state index is -0.697. The molecule has 1 fully saturated rings. The Morgan fingerprint density at radius 2 is 1.70 bits per heavy atom. The van der Waals surface area contributed by atoms with Gasteiger partial charge in [0.25, 0.3) is 0 Å². The summed E-state index contributed by atoms with van der Waals surface area (Å²) in [4.78, 5) is 28.5. The van der Waals surface area contributed by atoms with E-state index in [4.69, 9.17) is 28.4 Å². The van der Waals surface area contributed by atoms with Gasteiger partial charge in [0, 0.05) is 19.6 Å². The van der Waals surface area contributed by atoms with E-state index in [1.807, 2.05) is 63.2 Å². The van der Waals surface area contributed by atoms with Crippen LogP contribution in [0.5, 0.6) is 17.2 Å². The van der Waals surface area contributed by atoms with Gasteiger partial charge in [-0.1, -0.05) is 18.2 Å². The average Bonchev–Trinajstić information content (AvgIpc) is 3.48. The number of carbonyl (C=O) groups is 2. The highest BCUT2D eigenvalue weighted by Crippen LogP contribution is 2.48. The van der Waals surface area contributed by atoms with Crippen LogP contribution in [0.3, 0.4) is 0 Å². The Kier molecular flexibility index (Phi) is 8.12. The lowest BCUT2D eigenvalue weighted by atomic mass is 9.82. The summed E-state index contributed by atoms with van der Waals surface area (Å²) in [5, 5.41) is 0. The maximum Gasteiger partial charge on any atom is 0.410 e. The first-order valence-corrected chi connectivity index (χ1v) is 12.5. The van der Waals surface area contributed by atoms with Gasteiger partial charge in [-0.3, -0.25) is 9.69 Å². The van der Waals surface area contributed by atoms with Crippen molar-refractivity contribution in [3.8, 4) is 17.2 Å². The smallest absolute Gasteiger partial charge is 0.410 e. The third-order valence-corrected chi connectivity index (χ3v) is 6.29. The van der Waals surface area contributed by atoms with Crippen molar-refractivity contribution >= 4 is 12.1 Å². The van der Waals surface area contributed by atoms with E-state index in [0.29, 0.717) is 30.5 Å². The predicted molar refractivity (Wildman–Crippen MR) is 135 cm³/mol. The van der Waals surface area contributed by atoms with E-state index in [1.165, 1.54) is 0 Å². The largest absolute Gasteiger partial charge is 0.491 e. The number of esters is 1. The maximum absolute atomic E-state index is 13.4. The van der Waals surface area contributed by atoms with E-state index in [-0.39, 0.29) is 31.8 Å². The van der Waals surface area contributed by atoms with Crippen LogP contribution in [0.1, 0.15) is 50.8 Å². The molecule has 2 heterocycles. The van der Waals surface area contributed by atoms with Gasteiger partial charge in [0.2, 0.25) is 6.79 Å². The van der Waals surface area contributed by atoms with Gasteiger partial charge in [0.1, 0.15) is 18.0 Å². The van der Waals surface area contributed by atoms with Crippen molar-refractivity contribution in [2.24, 2.45) is 5.92 Å². The highest BCUT2D eigenvalue weighted by molar-refractivity contribution is 5.79. The minimum Gasteiger partial charge on any atom is -0.491 e. The molecule has 0 N–H and O–H groups in total. The monoisotopic (exact) mass is 513 g/mol. The third-order valence-electron chi connectivity index (χ3n) is 6.29. The molecule has 9 heteroatoms. The molecular weight excluding hydrogens is 478 g/mol. The van der Waals surface area contributed by atoms with Crippen LogP contribution in [0.25, 0.3) is 0 Å². The first-order valence-electron chi connectivity index (χ1n) is 12.5. The molecule has 0 bridgehead atoms. The van der Waals surface area contributed by atoms with E-state index in [2.05, 4.69) is 0 Å². The lowest BCUT2D eigenvalue weighted by Gasteiger charge is -2.30. The molecule has 2 aliphatic rings. The number of nitrogens with zero attached hydrogens (tertiary/aromatic N) is 1. The standard InChI is InChI=1S/C28H35NO8/c1-6-33-26(30)24-21(19-9-12-22-23(15-19)36-17-35-22)16-29(27(31)37-28(2,3)4)25(24)18-7-10-20(11-8-18)34-14-13-32-5/h7-12,15,21,24-25H,6,13-14,16-17H2,1-5H3/t21-,24-,25+/m1/s1. The number of rotatable bonds is 8. The Balaban J connectivity index is 1.73. The molecule has 0 aromatic heterocycles. The Bertz CT molecular complexity index is 1090. The number of hydrogen-bond acceptors (Lipinski definition) is 8. The number of likely N-dealkylation sites (tertiary alicyclic amines) is 1. The fourth-order valence-electron chi connectivity index (χ4n) is 4.74. The molecule has 1 saturated heterocycles. The molecule has 0 saturated carbocycles. The first-order chi connectivity index (χ1) is 17.7. The third kappa shape index (κ3) is 6.10. The van der Waals surface area contributed by atoms with Gasteiger partial charge in [0.15, 0.2) is 11.5 Å². The van der Waals surface area contributed by atoms with E-state index in [9.17, 15) is 9.59 Å². The number of hydrogen-bond donors (Lipinski definition) is 0. The van der Waals surface area contributed by atoms with Crippen molar-refractivity contribution in [2.45, 2.75) is 45.3 Å². The molecule has 37 heavy (non-hydrogen) atoms. The summed E-state index contributed by atoms with van der Waals surface area (Å²) in [5.74, 6) is 0.560. The summed E-state index contributed by atoms with van der Waals surface area (Å²) < 4.78 is 33.1. The second-order valence-electron chi connectivity index (χ2n) is 9.98. The topological polar surface area (TPSA) is 92.8 Å². The molecule has 200 valence electrons. The van der Waals surface area contributed by atoms with Crippen molar-refractivity contribution in [1.29, 1.82) is 0 Å². The molecule has 2 aromatic carbocycles. The Hall–Kier alpha value is -3.46. The van der Waals surface area contributed by atoms with Crippen molar-refractivity contribution in [2.75, 3.05) is 40.3 Å². The van der Waals surface area contributed by atoms with Crippen molar-refractivity contribution < 1.29 is 38.0 Å².